The van der Waals surface area contributed by atoms with Crippen molar-refractivity contribution >= 4 is 28.8 Å². The Bertz CT molecular complexity index is 802. The van der Waals surface area contributed by atoms with E-state index in [1.165, 1.54) is 31.3 Å². The number of aromatic nitrogens is 3. The predicted octanol–water partition coefficient (Wildman–Crippen LogP) is 5.13. The molecule has 2 fully saturated rings. The van der Waals surface area contributed by atoms with Crippen molar-refractivity contribution in [1.82, 2.24) is 15.0 Å². The van der Waals surface area contributed by atoms with E-state index in [9.17, 15) is 8.78 Å². The molecule has 0 atom stereocenters. The summed E-state index contributed by atoms with van der Waals surface area (Å²) in [5, 5.41) is 6.13. The fourth-order valence-electron chi connectivity index (χ4n) is 3.13. The van der Waals surface area contributed by atoms with E-state index < -0.39 is 5.92 Å². The first-order chi connectivity index (χ1) is 12.4. The van der Waals surface area contributed by atoms with E-state index in [1.807, 2.05) is 5.38 Å². The summed E-state index contributed by atoms with van der Waals surface area (Å²) < 4.78 is 32.1. The van der Waals surface area contributed by atoms with E-state index in [2.05, 4.69) is 20.3 Å². The van der Waals surface area contributed by atoms with Crippen LogP contribution in [0, 0.1) is 0 Å². The minimum absolute atomic E-state index is 0.0966. The maximum absolute atomic E-state index is 13.4. The molecule has 2 heterocycles. The largest absolute Gasteiger partial charge is 0.490 e. The van der Waals surface area contributed by atoms with Gasteiger partial charge in [-0.25, -0.2) is 23.7 Å². The predicted molar refractivity (Wildman–Crippen MR) is 97.5 cm³/mol. The standard InChI is InChI=1S/C17H19ClF2N4OS/c1-25-12-13(18)23-15(16-22-11(8-26-16)9-2-3-9)24-14(12)21-10-4-6-17(19,20)7-5-10/h8-10H,2-7H2,1H3,(H,21,23,24). The van der Waals surface area contributed by atoms with Gasteiger partial charge in [0.2, 0.25) is 5.92 Å². The Morgan fingerprint density at radius 2 is 1.92 bits per heavy atom. The van der Waals surface area contributed by atoms with Crippen LogP contribution in [0.5, 0.6) is 5.75 Å². The number of nitrogens with one attached hydrogen (secondary N) is 1. The van der Waals surface area contributed by atoms with Gasteiger partial charge < -0.3 is 10.1 Å². The monoisotopic (exact) mass is 400 g/mol. The van der Waals surface area contributed by atoms with Crippen LogP contribution in [-0.2, 0) is 0 Å². The zero-order chi connectivity index (χ0) is 18.3. The minimum atomic E-state index is -2.57. The molecule has 2 aliphatic rings. The summed E-state index contributed by atoms with van der Waals surface area (Å²) in [7, 11) is 1.49. The molecule has 2 aromatic rings. The van der Waals surface area contributed by atoms with Crippen LogP contribution in [0.2, 0.25) is 5.15 Å². The Hall–Kier alpha value is -1.54. The second-order valence-electron chi connectivity index (χ2n) is 6.85. The molecule has 2 saturated carbocycles. The quantitative estimate of drug-likeness (QED) is 0.705. The first-order valence-corrected chi connectivity index (χ1v) is 9.92. The Morgan fingerprint density at radius 3 is 2.58 bits per heavy atom. The minimum Gasteiger partial charge on any atom is -0.490 e. The molecule has 0 saturated heterocycles. The van der Waals surface area contributed by atoms with Gasteiger partial charge in [-0.2, -0.15) is 0 Å². The summed E-state index contributed by atoms with van der Waals surface area (Å²) in [6.45, 7) is 0. The van der Waals surface area contributed by atoms with Crippen molar-refractivity contribution in [2.75, 3.05) is 12.4 Å². The molecule has 1 N–H and O–H groups in total. The molecule has 0 aliphatic heterocycles. The third-order valence-corrected chi connectivity index (χ3v) is 5.91. The molecular formula is C17H19ClF2N4OS. The molecule has 0 bridgehead atoms. The van der Waals surface area contributed by atoms with Crippen LogP contribution >= 0.6 is 22.9 Å². The van der Waals surface area contributed by atoms with Gasteiger partial charge in [0.25, 0.3) is 0 Å². The Morgan fingerprint density at radius 1 is 1.19 bits per heavy atom. The van der Waals surface area contributed by atoms with Crippen molar-refractivity contribution in [3.63, 3.8) is 0 Å². The Kier molecular flexibility index (Phi) is 4.73. The molecule has 2 aliphatic carbocycles. The lowest BCUT2D eigenvalue weighted by Gasteiger charge is -2.29. The Labute approximate surface area is 159 Å². The molecule has 0 spiro atoms. The number of ether oxygens (including phenoxy) is 1. The molecule has 0 aromatic carbocycles. The lowest BCUT2D eigenvalue weighted by atomic mass is 9.92. The third-order valence-electron chi connectivity index (χ3n) is 4.80. The fraction of sp³-hybridized carbons (Fsp3) is 0.588. The van der Waals surface area contributed by atoms with Gasteiger partial charge in [0.1, 0.15) is 0 Å². The van der Waals surface area contributed by atoms with Crippen molar-refractivity contribution in [3.05, 3.63) is 16.2 Å². The lowest BCUT2D eigenvalue weighted by molar-refractivity contribution is -0.0361. The highest BCUT2D eigenvalue weighted by molar-refractivity contribution is 7.13. The number of nitrogens with zero attached hydrogens (tertiary/aromatic N) is 3. The van der Waals surface area contributed by atoms with E-state index in [0.29, 0.717) is 41.2 Å². The zero-order valence-electron chi connectivity index (χ0n) is 14.3. The van der Waals surface area contributed by atoms with Gasteiger partial charge in [-0.1, -0.05) is 11.6 Å². The van der Waals surface area contributed by atoms with Gasteiger partial charge >= 0.3 is 0 Å². The Balaban J connectivity index is 1.59. The summed E-state index contributed by atoms with van der Waals surface area (Å²) >= 11 is 7.76. The van der Waals surface area contributed by atoms with Crippen molar-refractivity contribution in [3.8, 4) is 16.6 Å². The van der Waals surface area contributed by atoms with Crippen LogP contribution in [-0.4, -0.2) is 34.0 Å². The number of anilines is 1. The van der Waals surface area contributed by atoms with Gasteiger partial charge in [-0.05, 0) is 25.7 Å². The highest BCUT2D eigenvalue weighted by Crippen LogP contribution is 2.42. The first-order valence-electron chi connectivity index (χ1n) is 8.67. The van der Waals surface area contributed by atoms with Gasteiger partial charge in [0, 0.05) is 30.2 Å². The molecule has 5 nitrogen and oxygen atoms in total. The fourth-order valence-corrected chi connectivity index (χ4v) is 4.21. The maximum atomic E-state index is 13.4. The normalized spacial score (nSPS) is 20.2. The number of hydrogen-bond donors (Lipinski definition) is 1. The topological polar surface area (TPSA) is 59.9 Å². The van der Waals surface area contributed by atoms with E-state index in [1.54, 1.807) is 0 Å². The van der Waals surface area contributed by atoms with Crippen LogP contribution in [0.4, 0.5) is 14.6 Å². The number of rotatable bonds is 5. The average Bonchev–Trinajstić information content (AvgIpc) is 3.33. The average molecular weight is 401 g/mol. The van der Waals surface area contributed by atoms with Gasteiger partial charge in [0.15, 0.2) is 27.6 Å². The van der Waals surface area contributed by atoms with E-state index >= 15 is 0 Å². The zero-order valence-corrected chi connectivity index (χ0v) is 15.8. The van der Waals surface area contributed by atoms with Crippen LogP contribution < -0.4 is 10.1 Å². The second kappa shape index (κ2) is 6.88. The third kappa shape index (κ3) is 3.76. The van der Waals surface area contributed by atoms with Crippen LogP contribution in [0.15, 0.2) is 5.38 Å². The smallest absolute Gasteiger partial charge is 0.248 e. The number of alkyl halides is 2. The van der Waals surface area contributed by atoms with Crippen molar-refractivity contribution in [1.29, 1.82) is 0 Å². The van der Waals surface area contributed by atoms with Gasteiger partial charge in [0.05, 0.1) is 12.8 Å². The van der Waals surface area contributed by atoms with E-state index in [0.717, 1.165) is 5.69 Å². The summed E-state index contributed by atoms with van der Waals surface area (Å²) in [5.74, 6) is -0.837. The summed E-state index contributed by atoms with van der Waals surface area (Å²) in [5.41, 5.74) is 1.07. The molecule has 0 amide bonds. The van der Waals surface area contributed by atoms with E-state index in [-0.39, 0.29) is 24.0 Å². The molecule has 2 aromatic heterocycles. The number of methoxy groups -OCH3 is 1. The molecule has 0 radical (unpaired) electrons. The van der Waals surface area contributed by atoms with Crippen LogP contribution in [0.1, 0.15) is 50.1 Å². The van der Waals surface area contributed by atoms with Crippen LogP contribution in [0.25, 0.3) is 10.8 Å². The van der Waals surface area contributed by atoms with Crippen molar-refractivity contribution in [2.24, 2.45) is 0 Å². The van der Waals surface area contributed by atoms with E-state index in [4.69, 9.17) is 16.3 Å². The highest BCUT2D eigenvalue weighted by atomic mass is 35.5. The molecule has 4 rings (SSSR count). The van der Waals surface area contributed by atoms with Crippen molar-refractivity contribution < 1.29 is 13.5 Å². The highest BCUT2D eigenvalue weighted by Gasteiger charge is 2.35. The SMILES string of the molecule is COc1c(Cl)nc(-c2nc(C3CC3)cs2)nc1NC1CCC(F)(F)CC1. The first kappa shape index (κ1) is 17.9. The van der Waals surface area contributed by atoms with Gasteiger partial charge in [-0.15, -0.1) is 11.3 Å². The lowest BCUT2D eigenvalue weighted by Crippen LogP contribution is -2.32. The molecular weight excluding hydrogens is 382 g/mol. The molecule has 140 valence electrons. The molecule has 9 heteroatoms. The summed E-state index contributed by atoms with van der Waals surface area (Å²) in [6.07, 6.45) is 2.83. The molecule has 26 heavy (non-hydrogen) atoms. The maximum Gasteiger partial charge on any atom is 0.248 e. The summed E-state index contributed by atoms with van der Waals surface area (Å²) in [4.78, 5) is 13.4. The van der Waals surface area contributed by atoms with Gasteiger partial charge in [-0.3, -0.25) is 0 Å². The summed E-state index contributed by atoms with van der Waals surface area (Å²) in [6, 6.07) is -0.0966. The van der Waals surface area contributed by atoms with Crippen LogP contribution in [0.3, 0.4) is 0 Å². The van der Waals surface area contributed by atoms with Crippen molar-refractivity contribution in [2.45, 2.75) is 56.4 Å². The second-order valence-corrected chi connectivity index (χ2v) is 8.06. The molecule has 0 unspecified atom stereocenters. The number of hydrogen-bond acceptors (Lipinski definition) is 6. The number of thiazole rings is 1. The number of halogens is 3.